The maximum absolute atomic E-state index is 13.3. The molecule has 1 atom stereocenters. The van der Waals surface area contributed by atoms with Gasteiger partial charge in [0.05, 0.1) is 22.6 Å². The summed E-state index contributed by atoms with van der Waals surface area (Å²) in [7, 11) is 0. The molecule has 0 aliphatic carbocycles. The number of Topliss-reactive ketones (excluding diaryl/α,β-unsaturated/α-hetero) is 1. The second-order valence-electron chi connectivity index (χ2n) is 8.02. The molecule has 1 amide bonds. The van der Waals surface area contributed by atoms with Crippen molar-refractivity contribution < 1.29 is 24.2 Å². The van der Waals surface area contributed by atoms with E-state index in [9.17, 15) is 14.7 Å². The molecule has 2 aliphatic rings. The largest absolute Gasteiger partial charge is 0.507 e. The second kappa shape index (κ2) is 7.77. The molecule has 8 heteroatoms. The van der Waals surface area contributed by atoms with Gasteiger partial charge >= 0.3 is 5.91 Å². The Morgan fingerprint density at radius 2 is 1.68 bits per heavy atom. The Morgan fingerprint density at radius 3 is 2.47 bits per heavy atom. The van der Waals surface area contributed by atoms with Crippen LogP contribution in [0.1, 0.15) is 17.2 Å². The Bertz CT molecular complexity index is 1440. The standard InChI is InChI=1S/C26H19N3O5/c30-23(16-10-11-19-20(14-16)34-13-12-33-19)21-22(15-6-2-1-3-7-15)29(25(32)24(21)31)26-27-17-8-4-5-9-18(17)28-26/h1-11,14,22,30H,12-13H2,(H,27,28)/b23-21+. The Hall–Kier alpha value is -4.59. The number of aliphatic hydroxyl groups excluding tert-OH is 1. The number of H-pyrrole nitrogens is 1. The number of aromatic nitrogens is 2. The van der Waals surface area contributed by atoms with E-state index < -0.39 is 17.7 Å². The molecule has 3 aromatic carbocycles. The number of para-hydroxylation sites is 2. The van der Waals surface area contributed by atoms with Crippen LogP contribution < -0.4 is 14.4 Å². The van der Waals surface area contributed by atoms with Gasteiger partial charge in [-0.25, -0.2) is 4.98 Å². The SMILES string of the molecule is O=C1C(=O)N(c2nc3ccccc3[nH]2)C(c2ccccc2)/C1=C(\O)c1ccc2c(c1)OCCO2. The van der Waals surface area contributed by atoms with Crippen molar-refractivity contribution in [3.8, 4) is 11.5 Å². The molecule has 1 saturated heterocycles. The van der Waals surface area contributed by atoms with Crippen LogP contribution >= 0.6 is 0 Å². The minimum Gasteiger partial charge on any atom is -0.507 e. The monoisotopic (exact) mass is 453 g/mol. The number of carbonyl (C=O) groups excluding carboxylic acids is 2. The summed E-state index contributed by atoms with van der Waals surface area (Å²) in [5.41, 5.74) is 2.40. The highest BCUT2D eigenvalue weighted by Gasteiger charge is 2.48. The molecule has 0 radical (unpaired) electrons. The summed E-state index contributed by atoms with van der Waals surface area (Å²) >= 11 is 0. The average molecular weight is 453 g/mol. The summed E-state index contributed by atoms with van der Waals surface area (Å²) in [5.74, 6) is -0.585. The molecule has 0 bridgehead atoms. The maximum atomic E-state index is 13.3. The number of aromatic amines is 1. The predicted octanol–water partition coefficient (Wildman–Crippen LogP) is 3.96. The number of fused-ring (bicyclic) bond motifs is 2. The van der Waals surface area contributed by atoms with Crippen LogP contribution in [0.2, 0.25) is 0 Å². The van der Waals surface area contributed by atoms with Gasteiger partial charge in [-0.05, 0) is 35.9 Å². The number of anilines is 1. The highest BCUT2D eigenvalue weighted by atomic mass is 16.6. The molecule has 168 valence electrons. The highest BCUT2D eigenvalue weighted by molar-refractivity contribution is 6.51. The molecule has 1 unspecified atom stereocenters. The van der Waals surface area contributed by atoms with E-state index in [0.29, 0.717) is 41.4 Å². The van der Waals surface area contributed by atoms with E-state index in [-0.39, 0.29) is 17.3 Å². The lowest BCUT2D eigenvalue weighted by Gasteiger charge is -2.23. The number of nitrogens with zero attached hydrogens (tertiary/aromatic N) is 2. The van der Waals surface area contributed by atoms with Crippen LogP contribution in [0, 0.1) is 0 Å². The molecule has 0 spiro atoms. The highest BCUT2D eigenvalue weighted by Crippen LogP contribution is 2.42. The van der Waals surface area contributed by atoms with Crippen LogP contribution in [0.3, 0.4) is 0 Å². The van der Waals surface area contributed by atoms with Crippen LogP contribution in [0.5, 0.6) is 11.5 Å². The third-order valence-corrected chi connectivity index (χ3v) is 5.98. The molecule has 6 rings (SSSR count). The van der Waals surface area contributed by atoms with E-state index in [1.54, 1.807) is 18.2 Å². The number of imidazole rings is 1. The number of amides is 1. The Kier molecular flexibility index (Phi) is 4.58. The summed E-state index contributed by atoms with van der Waals surface area (Å²) in [6, 6.07) is 20.5. The van der Waals surface area contributed by atoms with Gasteiger partial charge in [0.25, 0.3) is 5.78 Å². The maximum Gasteiger partial charge on any atom is 0.302 e. The average Bonchev–Trinajstić information content (AvgIpc) is 3.42. The minimum absolute atomic E-state index is 0.0201. The van der Waals surface area contributed by atoms with Gasteiger partial charge in [0.1, 0.15) is 19.0 Å². The van der Waals surface area contributed by atoms with E-state index in [0.717, 1.165) is 5.52 Å². The van der Waals surface area contributed by atoms with Gasteiger partial charge in [0.15, 0.2) is 11.5 Å². The van der Waals surface area contributed by atoms with Gasteiger partial charge < -0.3 is 19.6 Å². The van der Waals surface area contributed by atoms with Gasteiger partial charge in [-0.15, -0.1) is 0 Å². The van der Waals surface area contributed by atoms with Crippen molar-refractivity contribution in [2.75, 3.05) is 18.1 Å². The van der Waals surface area contributed by atoms with Crippen molar-refractivity contribution >= 4 is 34.4 Å². The number of nitrogens with one attached hydrogen (secondary N) is 1. The quantitative estimate of drug-likeness (QED) is 0.276. The topological polar surface area (TPSA) is 105 Å². The number of ether oxygens (including phenoxy) is 2. The molecule has 1 fully saturated rings. The number of rotatable bonds is 3. The van der Waals surface area contributed by atoms with Crippen molar-refractivity contribution in [2.24, 2.45) is 0 Å². The fraction of sp³-hybridized carbons (Fsp3) is 0.115. The van der Waals surface area contributed by atoms with Crippen molar-refractivity contribution in [1.29, 1.82) is 0 Å². The van der Waals surface area contributed by atoms with E-state index in [1.165, 1.54) is 4.90 Å². The number of benzene rings is 3. The molecule has 0 saturated carbocycles. The van der Waals surface area contributed by atoms with E-state index in [4.69, 9.17) is 9.47 Å². The van der Waals surface area contributed by atoms with Crippen LogP contribution in [-0.2, 0) is 9.59 Å². The first-order chi connectivity index (χ1) is 16.6. The smallest absolute Gasteiger partial charge is 0.302 e. The third-order valence-electron chi connectivity index (χ3n) is 5.98. The van der Waals surface area contributed by atoms with Crippen LogP contribution in [0.15, 0.2) is 78.4 Å². The number of carbonyl (C=O) groups is 2. The summed E-state index contributed by atoms with van der Waals surface area (Å²) in [6.07, 6.45) is 0. The summed E-state index contributed by atoms with van der Waals surface area (Å²) < 4.78 is 11.2. The van der Waals surface area contributed by atoms with Crippen molar-refractivity contribution in [3.05, 3.63) is 89.5 Å². The van der Waals surface area contributed by atoms with Crippen LogP contribution in [0.25, 0.3) is 16.8 Å². The van der Waals surface area contributed by atoms with Crippen LogP contribution in [-0.4, -0.2) is 40.0 Å². The first-order valence-electron chi connectivity index (χ1n) is 10.8. The number of hydrogen-bond acceptors (Lipinski definition) is 6. The van der Waals surface area contributed by atoms with Gasteiger partial charge in [0.2, 0.25) is 5.95 Å². The molecular weight excluding hydrogens is 434 g/mol. The Labute approximate surface area is 194 Å². The van der Waals surface area contributed by atoms with E-state index in [2.05, 4.69) is 9.97 Å². The van der Waals surface area contributed by atoms with E-state index >= 15 is 0 Å². The van der Waals surface area contributed by atoms with Crippen molar-refractivity contribution in [1.82, 2.24) is 9.97 Å². The minimum atomic E-state index is -0.866. The fourth-order valence-corrected chi connectivity index (χ4v) is 4.40. The van der Waals surface area contributed by atoms with Gasteiger partial charge in [-0.3, -0.25) is 14.5 Å². The van der Waals surface area contributed by atoms with E-state index in [1.807, 2.05) is 54.6 Å². The normalized spacial score (nSPS) is 19.1. The zero-order chi connectivity index (χ0) is 23.2. The molecular formula is C26H19N3O5. The Balaban J connectivity index is 1.53. The zero-order valence-corrected chi connectivity index (χ0v) is 17.9. The Morgan fingerprint density at radius 1 is 0.941 bits per heavy atom. The lowest BCUT2D eigenvalue weighted by molar-refractivity contribution is -0.132. The molecule has 4 aromatic rings. The molecule has 2 aliphatic heterocycles. The molecule has 3 heterocycles. The summed E-state index contributed by atoms with van der Waals surface area (Å²) in [6.45, 7) is 0.826. The predicted molar refractivity (Wildman–Crippen MR) is 125 cm³/mol. The fourth-order valence-electron chi connectivity index (χ4n) is 4.40. The second-order valence-corrected chi connectivity index (χ2v) is 8.02. The molecule has 2 N–H and O–H groups in total. The molecule has 34 heavy (non-hydrogen) atoms. The number of hydrogen-bond donors (Lipinski definition) is 2. The van der Waals surface area contributed by atoms with Crippen molar-refractivity contribution in [2.45, 2.75) is 6.04 Å². The van der Waals surface area contributed by atoms with Crippen molar-refractivity contribution in [3.63, 3.8) is 0 Å². The van der Waals surface area contributed by atoms with Gasteiger partial charge in [-0.2, -0.15) is 0 Å². The first kappa shape index (κ1) is 20.0. The lowest BCUT2D eigenvalue weighted by Crippen LogP contribution is -2.30. The van der Waals surface area contributed by atoms with Crippen LogP contribution in [0.4, 0.5) is 5.95 Å². The summed E-state index contributed by atoms with van der Waals surface area (Å²) in [4.78, 5) is 35.5. The van der Waals surface area contributed by atoms with Gasteiger partial charge in [0, 0.05) is 5.56 Å². The number of aliphatic hydroxyl groups is 1. The molecule has 1 aromatic heterocycles. The zero-order valence-electron chi connectivity index (χ0n) is 17.9. The first-order valence-corrected chi connectivity index (χ1v) is 10.8. The molecule has 8 nitrogen and oxygen atoms in total. The van der Waals surface area contributed by atoms with Gasteiger partial charge in [-0.1, -0.05) is 42.5 Å². The number of ketones is 1. The summed E-state index contributed by atoms with van der Waals surface area (Å²) in [5, 5.41) is 11.3. The third kappa shape index (κ3) is 3.11. The lowest BCUT2D eigenvalue weighted by atomic mass is 9.95.